The van der Waals surface area contributed by atoms with E-state index in [-0.39, 0.29) is 29.0 Å². The van der Waals surface area contributed by atoms with Gasteiger partial charge in [0.25, 0.3) is 0 Å². The molecule has 0 aromatic heterocycles. The highest BCUT2D eigenvalue weighted by Gasteiger charge is 2.70. The van der Waals surface area contributed by atoms with Gasteiger partial charge in [-0.3, -0.25) is 0 Å². The van der Waals surface area contributed by atoms with Gasteiger partial charge in [-0.25, -0.2) is 0 Å². The van der Waals surface area contributed by atoms with Crippen molar-refractivity contribution in [2.75, 3.05) is 19.8 Å². The number of hydrogen-bond acceptors (Lipinski definition) is 14. The van der Waals surface area contributed by atoms with E-state index in [1.807, 2.05) is 0 Å². The molecule has 23 atom stereocenters. The Morgan fingerprint density at radius 2 is 1.34 bits per heavy atom. The summed E-state index contributed by atoms with van der Waals surface area (Å²) in [7, 11) is 0. The van der Waals surface area contributed by atoms with E-state index in [0.717, 1.165) is 51.6 Å². The quantitative estimate of drug-likeness (QED) is 0.173. The van der Waals surface area contributed by atoms with Crippen molar-refractivity contribution >= 4 is 0 Å². The number of hydrogen-bond donors (Lipinski definition) is 8. The zero-order valence-corrected chi connectivity index (χ0v) is 31.6. The second-order valence-corrected chi connectivity index (χ2v) is 18.8. The Morgan fingerprint density at radius 1 is 0.660 bits per heavy atom. The van der Waals surface area contributed by atoms with Gasteiger partial charge in [-0.15, -0.1) is 0 Å². The van der Waals surface area contributed by atoms with Crippen LogP contribution in [0.3, 0.4) is 0 Å². The molecule has 0 radical (unpaired) electrons. The van der Waals surface area contributed by atoms with Crippen LogP contribution in [0.1, 0.15) is 85.5 Å². The standard InChI is InChI=1S/C39H64O14/c1-17-5-10-39(48-16-17)18(2)28-25(53-39)13-22-20-12-24(42)23-11-19(6-8-37(23,3)21(20)7-9-38(22,28)4)49-35-33(47)31(45)34(27(15-41)51-35)52-36-32(46)30(44)29(43)26(14-40)50-36/h17-36,40-47H,5-16H2,1-4H3/t17-,18+,19+,20-,21+,22+,23-,24+,25+,26-,27-,28+,29+,30+,31-,32-,33-,34-,35-,36+,37-,38+,39-/m1/s1. The number of aliphatic hydroxyl groups is 8. The van der Waals surface area contributed by atoms with Gasteiger partial charge in [-0.1, -0.05) is 27.7 Å². The van der Waals surface area contributed by atoms with Gasteiger partial charge in [0.05, 0.1) is 38.1 Å². The van der Waals surface area contributed by atoms with Crippen molar-refractivity contribution in [2.45, 2.75) is 171 Å². The second kappa shape index (κ2) is 14.4. The van der Waals surface area contributed by atoms with Crippen LogP contribution in [0.25, 0.3) is 0 Å². The minimum absolute atomic E-state index is 0.00889. The van der Waals surface area contributed by atoms with Crippen molar-refractivity contribution in [1.29, 1.82) is 0 Å². The molecule has 0 aromatic rings. The minimum Gasteiger partial charge on any atom is -0.394 e. The first-order valence-electron chi connectivity index (χ1n) is 20.4. The summed E-state index contributed by atoms with van der Waals surface area (Å²) >= 11 is 0. The van der Waals surface area contributed by atoms with Crippen LogP contribution >= 0.6 is 0 Å². The lowest BCUT2D eigenvalue weighted by Crippen LogP contribution is -2.65. The fraction of sp³-hybridized carbons (Fsp3) is 1.00. The van der Waals surface area contributed by atoms with E-state index in [0.29, 0.717) is 48.3 Å². The predicted molar refractivity (Wildman–Crippen MR) is 184 cm³/mol. The topological polar surface area (TPSA) is 217 Å². The molecule has 8 rings (SSSR count). The molecule has 0 unspecified atom stereocenters. The van der Waals surface area contributed by atoms with Gasteiger partial charge >= 0.3 is 0 Å². The molecule has 0 bridgehead atoms. The summed E-state index contributed by atoms with van der Waals surface area (Å²) < 4.78 is 36.8. The molecule has 8 fully saturated rings. The molecule has 4 aliphatic carbocycles. The van der Waals surface area contributed by atoms with Gasteiger partial charge in [0, 0.05) is 12.3 Å². The van der Waals surface area contributed by atoms with Crippen molar-refractivity contribution in [3.05, 3.63) is 0 Å². The predicted octanol–water partition coefficient (Wildman–Crippen LogP) is 0.413. The highest BCUT2D eigenvalue weighted by Crippen LogP contribution is 2.71. The first-order chi connectivity index (χ1) is 25.2. The van der Waals surface area contributed by atoms with Crippen molar-refractivity contribution in [1.82, 2.24) is 0 Å². The summed E-state index contributed by atoms with van der Waals surface area (Å²) in [6.07, 6.45) is -7.41. The monoisotopic (exact) mass is 756 g/mol. The van der Waals surface area contributed by atoms with Crippen molar-refractivity contribution in [3.8, 4) is 0 Å². The summed E-state index contributed by atoms with van der Waals surface area (Å²) in [5, 5.41) is 84.7. The molecule has 4 heterocycles. The summed E-state index contributed by atoms with van der Waals surface area (Å²) in [5.74, 6) is 2.28. The maximum Gasteiger partial charge on any atom is 0.187 e. The van der Waals surface area contributed by atoms with Crippen LogP contribution < -0.4 is 0 Å². The zero-order chi connectivity index (χ0) is 37.8. The molecule has 8 N–H and O–H groups in total. The van der Waals surface area contributed by atoms with E-state index >= 15 is 0 Å². The summed E-state index contributed by atoms with van der Waals surface area (Å²) in [4.78, 5) is 0. The lowest BCUT2D eigenvalue weighted by Gasteiger charge is -2.62. The molecule has 53 heavy (non-hydrogen) atoms. The molecule has 4 aliphatic heterocycles. The Morgan fingerprint density at radius 3 is 2.04 bits per heavy atom. The molecular weight excluding hydrogens is 692 g/mol. The van der Waals surface area contributed by atoms with Gasteiger partial charge in [0.15, 0.2) is 18.4 Å². The Kier molecular flexibility index (Phi) is 10.6. The van der Waals surface area contributed by atoms with Gasteiger partial charge in [-0.2, -0.15) is 0 Å². The van der Waals surface area contributed by atoms with E-state index in [1.54, 1.807) is 0 Å². The Balaban J connectivity index is 0.911. The van der Waals surface area contributed by atoms with Crippen LogP contribution in [0.5, 0.6) is 0 Å². The second-order valence-electron chi connectivity index (χ2n) is 18.8. The number of rotatable bonds is 6. The smallest absolute Gasteiger partial charge is 0.187 e. The van der Waals surface area contributed by atoms with E-state index < -0.39 is 86.5 Å². The molecule has 8 aliphatic rings. The molecule has 304 valence electrons. The number of ether oxygens (including phenoxy) is 6. The maximum atomic E-state index is 11.9. The van der Waals surface area contributed by atoms with E-state index in [2.05, 4.69) is 27.7 Å². The van der Waals surface area contributed by atoms with Crippen LogP contribution in [-0.4, -0.2) is 146 Å². The highest BCUT2D eigenvalue weighted by atomic mass is 16.7. The molecule has 14 nitrogen and oxygen atoms in total. The third-order valence-corrected chi connectivity index (χ3v) is 16.2. The van der Waals surface area contributed by atoms with E-state index in [1.165, 1.54) is 0 Å². The van der Waals surface area contributed by atoms with Crippen LogP contribution in [-0.2, 0) is 28.4 Å². The lowest BCUT2D eigenvalue weighted by atomic mass is 9.43. The van der Waals surface area contributed by atoms with Crippen molar-refractivity contribution in [3.63, 3.8) is 0 Å². The highest BCUT2D eigenvalue weighted by molar-refractivity contribution is 5.16. The Bertz CT molecular complexity index is 1290. The Labute approximate surface area is 312 Å². The molecule has 0 aromatic carbocycles. The third kappa shape index (κ3) is 6.20. The van der Waals surface area contributed by atoms with Crippen LogP contribution in [0.15, 0.2) is 0 Å². The van der Waals surface area contributed by atoms with E-state index in [9.17, 15) is 40.9 Å². The fourth-order valence-corrected chi connectivity index (χ4v) is 13.3. The summed E-state index contributed by atoms with van der Waals surface area (Å²) in [5.41, 5.74) is 0.0639. The van der Waals surface area contributed by atoms with Crippen LogP contribution in [0, 0.1) is 52.3 Å². The minimum atomic E-state index is -1.74. The number of fused-ring (bicyclic) bond motifs is 7. The lowest BCUT2D eigenvalue weighted by molar-refractivity contribution is -0.364. The first-order valence-corrected chi connectivity index (χ1v) is 20.4. The average molecular weight is 757 g/mol. The molecule has 4 saturated heterocycles. The van der Waals surface area contributed by atoms with Gasteiger partial charge in [-0.05, 0) is 97.7 Å². The van der Waals surface area contributed by atoms with Crippen LogP contribution in [0.4, 0.5) is 0 Å². The Hall–Kier alpha value is -0.560. The summed E-state index contributed by atoms with van der Waals surface area (Å²) in [6, 6.07) is 0. The SMILES string of the molecule is C[C@@H]1CC[C@@]2(OC1)O[C@H]1C[C@H]3[C@@H]4C[C@H](O)[C@H]5C[C@@H](O[C@@H]6O[C@H](CO)[C@@H](O[C@@H]7O[C@H](CO)[C@H](O)[C@H](O)[C@H]7O)[C@H](O)[C@H]6O)CC[C@]5(C)[C@H]4CC[C@]3(C)[C@H]1[C@@H]2C. The maximum absolute atomic E-state index is 11.9. The average Bonchev–Trinajstić information content (AvgIpc) is 3.59. The normalized spacial score (nSPS) is 59.5. The molecule has 1 spiro atoms. The summed E-state index contributed by atoms with van der Waals surface area (Å²) in [6.45, 7) is 8.93. The van der Waals surface area contributed by atoms with Crippen LogP contribution in [0.2, 0.25) is 0 Å². The van der Waals surface area contributed by atoms with Gasteiger partial charge in [0.2, 0.25) is 0 Å². The van der Waals surface area contributed by atoms with Gasteiger partial charge in [0.1, 0.15) is 48.8 Å². The number of aliphatic hydroxyl groups excluding tert-OH is 8. The first kappa shape index (κ1) is 39.3. The van der Waals surface area contributed by atoms with Crippen molar-refractivity contribution < 1.29 is 69.3 Å². The van der Waals surface area contributed by atoms with Gasteiger partial charge < -0.3 is 69.3 Å². The van der Waals surface area contributed by atoms with E-state index in [4.69, 9.17) is 28.4 Å². The fourth-order valence-electron chi connectivity index (χ4n) is 13.3. The molecular formula is C39H64O14. The zero-order valence-electron chi connectivity index (χ0n) is 31.6. The molecule has 14 heteroatoms. The van der Waals surface area contributed by atoms with Crippen molar-refractivity contribution in [2.24, 2.45) is 52.3 Å². The molecule has 4 saturated carbocycles. The largest absolute Gasteiger partial charge is 0.394 e. The molecule has 0 amide bonds. The third-order valence-electron chi connectivity index (χ3n) is 16.2.